The molecule has 0 rings (SSSR count). The van der Waals surface area contributed by atoms with Crippen molar-refractivity contribution in [1.82, 2.24) is 0 Å². The van der Waals surface area contributed by atoms with Gasteiger partial charge in [-0.05, 0) is 6.42 Å². The van der Waals surface area contributed by atoms with Gasteiger partial charge in [0.25, 0.3) is 0 Å². The Kier molecular flexibility index (Phi) is 20.2. The maximum absolute atomic E-state index is 10.7. The predicted molar refractivity (Wildman–Crippen MR) is 81.0 cm³/mol. The first-order valence-electron chi connectivity index (χ1n) is 7.10. The summed E-state index contributed by atoms with van der Waals surface area (Å²) in [5.74, 6) is -0.305. The average molecular weight is 282 g/mol. The Bertz CT molecular complexity index is 202. The normalized spacial score (nSPS) is 9.61. The first-order valence-corrected chi connectivity index (χ1v) is 7.10. The molecule has 3 heteroatoms. The van der Waals surface area contributed by atoms with E-state index in [-0.39, 0.29) is 46.6 Å². The Balaban J connectivity index is -0.000000427. The van der Waals surface area contributed by atoms with Gasteiger partial charge < -0.3 is 7.59 Å². The van der Waals surface area contributed by atoms with Gasteiger partial charge >= 0.3 is 43.7 Å². The van der Waals surface area contributed by atoms with Gasteiger partial charge in [-0.2, -0.15) is 0 Å². The van der Waals surface area contributed by atoms with Gasteiger partial charge in [-0.1, -0.05) is 71.3 Å². The Morgan fingerprint density at radius 1 is 1.00 bits per heavy atom. The van der Waals surface area contributed by atoms with Crippen molar-refractivity contribution in [2.45, 2.75) is 71.1 Å². The van der Waals surface area contributed by atoms with Gasteiger partial charge in [0.1, 0.15) is 0 Å². The van der Waals surface area contributed by atoms with E-state index in [0.717, 1.165) is 6.42 Å². The van der Waals surface area contributed by atoms with E-state index in [4.69, 9.17) is 4.74 Å². The van der Waals surface area contributed by atoms with Crippen molar-refractivity contribution >= 4 is 43.7 Å². The first kappa shape index (κ1) is 20.8. The van der Waals surface area contributed by atoms with Gasteiger partial charge in [0.15, 0.2) is 0 Å². The Morgan fingerprint density at radius 2 is 1.44 bits per heavy atom. The van der Waals surface area contributed by atoms with E-state index < -0.39 is 0 Å². The van der Waals surface area contributed by atoms with Crippen LogP contribution in [0.2, 0.25) is 0 Å². The molecule has 0 aliphatic rings. The number of esters is 1. The number of ether oxygens (including phenoxy) is 1. The molecule has 0 N–H and O–H groups in total. The zero-order valence-electron chi connectivity index (χ0n) is 14.1. The van der Waals surface area contributed by atoms with Gasteiger partial charge in [-0.15, -0.1) is 0 Å². The molecule has 0 bridgehead atoms. The monoisotopic (exact) mass is 282 g/mol. The molecule has 0 aliphatic carbocycles. The number of carbonyl (C=O) groups is 1. The fourth-order valence-corrected chi connectivity index (χ4v) is 1.82. The van der Waals surface area contributed by atoms with Crippen LogP contribution < -0.4 is 0 Å². The smallest absolute Gasteiger partial charge is 1.00 e. The second-order valence-electron chi connectivity index (χ2n) is 4.55. The van der Waals surface area contributed by atoms with Crippen LogP contribution >= 0.6 is 0 Å². The van der Waals surface area contributed by atoms with E-state index in [2.05, 4.69) is 13.5 Å². The molecule has 0 aliphatic heterocycles. The van der Waals surface area contributed by atoms with E-state index in [0.29, 0.717) is 6.61 Å². The number of rotatable bonds is 12. The molecule has 0 aromatic carbocycles. The molecule has 0 saturated carbocycles. The molecule has 0 amide bonds. The molecule has 0 fully saturated rings. The minimum Gasteiger partial charge on any atom is -1.00 e. The molecular weight excluding hydrogens is 252 g/mol. The number of hydrogen-bond donors (Lipinski definition) is 0. The minimum atomic E-state index is -0.305. The third-order valence-corrected chi connectivity index (χ3v) is 2.91. The van der Waals surface area contributed by atoms with Crippen molar-refractivity contribution in [2.75, 3.05) is 6.61 Å². The molecule has 0 saturated heterocycles. The molecule has 0 heterocycles. The van der Waals surface area contributed by atoms with Crippen LogP contribution in [0.3, 0.4) is 0 Å². The van der Waals surface area contributed by atoms with Crippen molar-refractivity contribution in [3.63, 3.8) is 0 Å². The molecule has 18 heavy (non-hydrogen) atoms. The Morgan fingerprint density at radius 3 is 1.89 bits per heavy atom. The summed E-state index contributed by atoms with van der Waals surface area (Å²) in [5.41, 5.74) is 0. The minimum absolute atomic E-state index is 0. The molecule has 0 aromatic heterocycles. The van der Waals surface area contributed by atoms with Crippen LogP contribution in [0.15, 0.2) is 12.7 Å². The van der Waals surface area contributed by atoms with E-state index in [1.165, 1.54) is 63.9 Å². The maximum atomic E-state index is 10.7. The van der Waals surface area contributed by atoms with Crippen LogP contribution in [0.25, 0.3) is 0 Å². The van der Waals surface area contributed by atoms with Crippen LogP contribution in [0.1, 0.15) is 74.0 Å². The van der Waals surface area contributed by atoms with Crippen molar-refractivity contribution in [2.24, 2.45) is 0 Å². The third kappa shape index (κ3) is 16.5. The van der Waals surface area contributed by atoms with E-state index in [1.54, 1.807) is 0 Å². The van der Waals surface area contributed by atoms with Gasteiger partial charge in [-0.25, -0.2) is 4.79 Å². The second kappa shape index (κ2) is 17.5. The Labute approximate surface area is 146 Å². The largest absolute Gasteiger partial charge is 2.00 e. The molecular formula is C15H30CaO2. The second-order valence-corrected chi connectivity index (χ2v) is 4.55. The van der Waals surface area contributed by atoms with Crippen LogP contribution in [0, 0.1) is 0 Å². The summed E-state index contributed by atoms with van der Waals surface area (Å²) in [6.07, 6.45) is 14.2. The zero-order chi connectivity index (χ0) is 12.8. The van der Waals surface area contributed by atoms with Crippen LogP contribution in [0.4, 0.5) is 0 Å². The number of hydrogen-bond acceptors (Lipinski definition) is 2. The fourth-order valence-electron chi connectivity index (χ4n) is 1.82. The SMILES string of the molecule is C=CC(=O)OCCCCCCCCCCCC.[Ca+2].[H-].[H-]. The summed E-state index contributed by atoms with van der Waals surface area (Å²) in [6, 6.07) is 0. The summed E-state index contributed by atoms with van der Waals surface area (Å²) in [4.78, 5) is 10.7. The average Bonchev–Trinajstić information content (AvgIpc) is 2.35. The van der Waals surface area contributed by atoms with Crippen LogP contribution in [0.5, 0.6) is 0 Å². The van der Waals surface area contributed by atoms with Crippen LogP contribution in [-0.4, -0.2) is 50.3 Å². The molecule has 0 spiro atoms. The van der Waals surface area contributed by atoms with Crippen molar-refractivity contribution < 1.29 is 12.4 Å². The summed E-state index contributed by atoms with van der Waals surface area (Å²) < 4.78 is 4.91. The zero-order valence-corrected chi connectivity index (χ0v) is 14.3. The van der Waals surface area contributed by atoms with E-state index in [9.17, 15) is 4.79 Å². The Hall–Kier alpha value is 0.470. The molecule has 104 valence electrons. The van der Waals surface area contributed by atoms with Gasteiger partial charge in [0, 0.05) is 6.08 Å². The summed E-state index contributed by atoms with van der Waals surface area (Å²) in [7, 11) is 0. The van der Waals surface area contributed by atoms with Crippen molar-refractivity contribution in [3.05, 3.63) is 12.7 Å². The van der Waals surface area contributed by atoms with Gasteiger partial charge in [0.2, 0.25) is 0 Å². The van der Waals surface area contributed by atoms with E-state index in [1.807, 2.05) is 0 Å². The predicted octanol–water partition coefficient (Wildman–Crippen LogP) is 4.48. The summed E-state index contributed by atoms with van der Waals surface area (Å²) in [5, 5.41) is 0. The third-order valence-electron chi connectivity index (χ3n) is 2.91. The first-order chi connectivity index (χ1) is 8.31. The van der Waals surface area contributed by atoms with E-state index >= 15 is 0 Å². The molecule has 0 unspecified atom stereocenters. The molecule has 2 nitrogen and oxygen atoms in total. The number of unbranched alkanes of at least 4 members (excludes halogenated alkanes) is 9. The van der Waals surface area contributed by atoms with Crippen molar-refractivity contribution in [3.8, 4) is 0 Å². The van der Waals surface area contributed by atoms with Crippen molar-refractivity contribution in [1.29, 1.82) is 0 Å². The molecule has 0 atom stereocenters. The van der Waals surface area contributed by atoms with Gasteiger partial charge in [-0.3, -0.25) is 0 Å². The quantitative estimate of drug-likeness (QED) is 0.228. The fraction of sp³-hybridized carbons (Fsp3) is 0.800. The summed E-state index contributed by atoms with van der Waals surface area (Å²) in [6.45, 7) is 6.15. The standard InChI is InChI=1S/C15H28O2.Ca.2H/c1-3-5-6-7-8-9-10-11-12-13-14-17-15(16)4-2;;;/h4H,2-3,5-14H2,1H3;;;/q;+2;2*-1. The van der Waals surface area contributed by atoms with Gasteiger partial charge in [0.05, 0.1) is 6.61 Å². The maximum Gasteiger partial charge on any atom is 2.00 e. The molecule has 0 aromatic rings. The number of carbonyl (C=O) groups excluding carboxylic acids is 1. The molecule has 0 radical (unpaired) electrons. The topological polar surface area (TPSA) is 26.3 Å². The summed E-state index contributed by atoms with van der Waals surface area (Å²) >= 11 is 0. The van der Waals surface area contributed by atoms with Crippen LogP contribution in [-0.2, 0) is 9.53 Å².